The second-order valence-electron chi connectivity index (χ2n) is 6.06. The number of sulfone groups is 1. The van der Waals surface area contributed by atoms with Crippen molar-refractivity contribution in [1.29, 1.82) is 0 Å². The van der Waals surface area contributed by atoms with E-state index in [-0.39, 0.29) is 5.16 Å². The number of nitrogens with zero attached hydrogens (tertiary/aromatic N) is 5. The molecule has 3 aromatic heterocycles. The van der Waals surface area contributed by atoms with E-state index in [9.17, 15) is 8.42 Å². The number of aryl methyl sites for hydroxylation is 1. The highest BCUT2D eigenvalue weighted by Gasteiger charge is 2.20. The van der Waals surface area contributed by atoms with Crippen molar-refractivity contribution in [2.24, 2.45) is 0 Å². The lowest BCUT2D eigenvalue weighted by molar-refractivity contribution is 0.415. The molecule has 0 saturated heterocycles. The Morgan fingerprint density at radius 2 is 2.00 bits per heavy atom. The van der Waals surface area contributed by atoms with Crippen LogP contribution in [0.2, 0.25) is 5.02 Å². The molecule has 0 aliphatic heterocycles. The molecule has 4 aromatic rings. The molecule has 3 heterocycles. The number of hydrogen-bond acceptors (Lipinski definition) is 7. The monoisotopic (exact) mass is 403 g/mol. The number of rotatable bonds is 3. The summed E-state index contributed by atoms with van der Waals surface area (Å²) in [6.07, 6.45) is 4.00. The van der Waals surface area contributed by atoms with Gasteiger partial charge in [0.2, 0.25) is 15.0 Å². The maximum absolute atomic E-state index is 11.8. The van der Waals surface area contributed by atoms with E-state index in [0.717, 1.165) is 22.9 Å². The third kappa shape index (κ3) is 2.79. The smallest absolute Gasteiger partial charge is 0.248 e. The lowest BCUT2D eigenvalue weighted by atomic mass is 10.00. The van der Waals surface area contributed by atoms with Gasteiger partial charge in [-0.3, -0.25) is 4.40 Å². The number of halogens is 1. The minimum Gasteiger partial charge on any atom is -0.495 e. The maximum atomic E-state index is 11.8. The molecule has 1 aromatic carbocycles. The van der Waals surface area contributed by atoms with Crippen LogP contribution in [0.5, 0.6) is 5.75 Å². The Morgan fingerprint density at radius 1 is 1.22 bits per heavy atom. The summed E-state index contributed by atoms with van der Waals surface area (Å²) < 4.78 is 30.6. The van der Waals surface area contributed by atoms with Gasteiger partial charge in [-0.1, -0.05) is 17.7 Å². The Morgan fingerprint density at radius 3 is 2.70 bits per heavy atom. The minimum atomic E-state index is -3.54. The van der Waals surface area contributed by atoms with Crippen molar-refractivity contribution >= 4 is 38.1 Å². The predicted molar refractivity (Wildman–Crippen MR) is 101 cm³/mol. The van der Waals surface area contributed by atoms with Crippen LogP contribution in [0, 0.1) is 6.92 Å². The second-order valence-corrected chi connectivity index (χ2v) is 8.35. The van der Waals surface area contributed by atoms with Crippen LogP contribution >= 0.6 is 11.6 Å². The molecular weight excluding hydrogens is 390 g/mol. The maximum Gasteiger partial charge on any atom is 0.248 e. The molecule has 0 atom stereocenters. The van der Waals surface area contributed by atoms with Crippen LogP contribution in [0.15, 0.2) is 35.9 Å². The van der Waals surface area contributed by atoms with Crippen LogP contribution in [0.4, 0.5) is 0 Å². The fraction of sp³-hybridized carbons (Fsp3) is 0.176. The molecule has 8 nitrogen and oxygen atoms in total. The van der Waals surface area contributed by atoms with Crippen LogP contribution in [0.25, 0.3) is 27.8 Å². The molecule has 0 N–H and O–H groups in total. The van der Waals surface area contributed by atoms with E-state index >= 15 is 0 Å². The van der Waals surface area contributed by atoms with Crippen molar-refractivity contribution in [3.63, 3.8) is 0 Å². The normalized spacial score (nSPS) is 12.0. The van der Waals surface area contributed by atoms with Crippen molar-refractivity contribution in [3.8, 4) is 16.9 Å². The van der Waals surface area contributed by atoms with E-state index in [1.165, 1.54) is 12.5 Å². The van der Waals surface area contributed by atoms with Gasteiger partial charge in [-0.25, -0.2) is 13.4 Å². The van der Waals surface area contributed by atoms with E-state index in [4.69, 9.17) is 16.3 Å². The van der Waals surface area contributed by atoms with E-state index in [1.54, 1.807) is 17.6 Å². The first kappa shape index (κ1) is 17.6. The van der Waals surface area contributed by atoms with E-state index < -0.39 is 9.84 Å². The average Bonchev–Trinajstić information content (AvgIpc) is 3.11. The zero-order valence-corrected chi connectivity index (χ0v) is 16.2. The van der Waals surface area contributed by atoms with Crippen molar-refractivity contribution < 1.29 is 13.2 Å². The summed E-state index contributed by atoms with van der Waals surface area (Å²) in [5.41, 5.74) is 3.30. The van der Waals surface area contributed by atoms with Gasteiger partial charge in [0.25, 0.3) is 0 Å². The van der Waals surface area contributed by atoms with Gasteiger partial charge in [-0.05, 0) is 24.6 Å². The predicted octanol–water partition coefficient (Wildman–Crippen LogP) is 2.71. The molecule has 0 unspecified atom stereocenters. The highest BCUT2D eigenvalue weighted by molar-refractivity contribution is 7.90. The number of methoxy groups -OCH3 is 1. The molecule has 138 valence electrons. The number of hydrogen-bond donors (Lipinski definition) is 0. The first-order chi connectivity index (χ1) is 12.8. The van der Waals surface area contributed by atoms with Crippen LogP contribution in [0.1, 0.15) is 5.56 Å². The fourth-order valence-electron chi connectivity index (χ4n) is 2.96. The van der Waals surface area contributed by atoms with Gasteiger partial charge in [-0.15, -0.1) is 10.2 Å². The molecular formula is C17H14ClN5O3S. The minimum absolute atomic E-state index is 0.256. The topological polar surface area (TPSA) is 99.3 Å². The quantitative estimate of drug-likeness (QED) is 0.485. The largest absolute Gasteiger partial charge is 0.495 e. The molecule has 0 amide bonds. The summed E-state index contributed by atoms with van der Waals surface area (Å²) in [6.45, 7) is 1.93. The van der Waals surface area contributed by atoms with Gasteiger partial charge in [0.15, 0.2) is 11.3 Å². The van der Waals surface area contributed by atoms with Gasteiger partial charge in [0, 0.05) is 29.0 Å². The second kappa shape index (κ2) is 6.14. The van der Waals surface area contributed by atoms with Gasteiger partial charge in [0.05, 0.1) is 12.1 Å². The Kier molecular flexibility index (Phi) is 4.01. The molecule has 0 radical (unpaired) electrons. The number of ether oxygens (including phenoxy) is 1. The Bertz CT molecular complexity index is 1320. The first-order valence-electron chi connectivity index (χ1n) is 7.84. The Hall–Kier alpha value is -2.78. The van der Waals surface area contributed by atoms with Gasteiger partial charge >= 0.3 is 0 Å². The first-order valence-corrected chi connectivity index (χ1v) is 10.1. The third-order valence-corrected chi connectivity index (χ3v) is 5.46. The lowest BCUT2D eigenvalue weighted by Gasteiger charge is -2.14. The molecule has 0 saturated carbocycles. The molecule has 10 heteroatoms. The number of aromatic nitrogens is 5. The SMILES string of the molecule is COc1ccc(C)c(-c2cc3cnc(S(C)(=O)=O)nc3n3cnnc23)c1Cl. The van der Waals surface area contributed by atoms with E-state index in [0.29, 0.717) is 27.5 Å². The average molecular weight is 404 g/mol. The lowest BCUT2D eigenvalue weighted by Crippen LogP contribution is -2.06. The van der Waals surface area contributed by atoms with Crippen LogP contribution in [0.3, 0.4) is 0 Å². The highest BCUT2D eigenvalue weighted by atomic mass is 35.5. The van der Waals surface area contributed by atoms with Gasteiger partial charge in [0.1, 0.15) is 12.1 Å². The summed E-state index contributed by atoms with van der Waals surface area (Å²) >= 11 is 6.56. The van der Waals surface area contributed by atoms with Crippen molar-refractivity contribution in [2.45, 2.75) is 12.1 Å². The summed E-state index contributed by atoms with van der Waals surface area (Å²) in [5, 5.41) is 8.96. The van der Waals surface area contributed by atoms with Crippen molar-refractivity contribution in [2.75, 3.05) is 13.4 Å². The van der Waals surface area contributed by atoms with Crippen molar-refractivity contribution in [3.05, 3.63) is 41.3 Å². The fourth-order valence-corrected chi connectivity index (χ4v) is 3.85. The molecule has 0 spiro atoms. The zero-order valence-electron chi connectivity index (χ0n) is 14.6. The standard InChI is InChI=1S/C17H14ClN5O3S/c1-9-4-5-12(26-2)14(18)13(9)11-6-10-7-19-17(27(3,24)25)21-15(10)23-8-20-22-16(11)23/h4-8H,1-3H3. The van der Waals surface area contributed by atoms with Crippen LogP contribution in [-0.2, 0) is 9.84 Å². The van der Waals surface area contributed by atoms with E-state index in [2.05, 4.69) is 20.2 Å². The zero-order chi connectivity index (χ0) is 19.3. The number of benzene rings is 1. The molecule has 0 aliphatic carbocycles. The number of fused-ring (bicyclic) bond motifs is 3. The summed E-state index contributed by atoms with van der Waals surface area (Å²) in [7, 11) is -2.00. The number of pyridine rings is 1. The third-order valence-electron chi connectivity index (χ3n) is 4.23. The Balaban J connectivity index is 2.11. The summed E-state index contributed by atoms with van der Waals surface area (Å²) in [4.78, 5) is 8.16. The molecule has 0 fully saturated rings. The van der Waals surface area contributed by atoms with Gasteiger partial charge < -0.3 is 4.74 Å². The summed E-state index contributed by atoms with van der Waals surface area (Å²) in [5.74, 6) is 0.540. The molecule has 27 heavy (non-hydrogen) atoms. The van der Waals surface area contributed by atoms with Crippen molar-refractivity contribution in [1.82, 2.24) is 24.6 Å². The van der Waals surface area contributed by atoms with Gasteiger partial charge in [-0.2, -0.15) is 4.98 Å². The summed E-state index contributed by atoms with van der Waals surface area (Å²) in [6, 6.07) is 5.52. The highest BCUT2D eigenvalue weighted by Crippen LogP contribution is 2.40. The van der Waals surface area contributed by atoms with Crippen LogP contribution < -0.4 is 4.74 Å². The molecule has 0 aliphatic rings. The van der Waals surface area contributed by atoms with E-state index in [1.807, 2.05) is 19.1 Å². The molecule has 0 bridgehead atoms. The van der Waals surface area contributed by atoms with Crippen LogP contribution in [-0.4, -0.2) is 46.3 Å². The Labute approximate surface area is 159 Å². The molecule has 4 rings (SSSR count).